The molecule has 0 aliphatic heterocycles. The lowest BCUT2D eigenvalue weighted by molar-refractivity contribution is 0.0531. The molecule has 7 nitrogen and oxygen atoms in total. The molecule has 3 heterocycles. The van der Waals surface area contributed by atoms with Crippen LogP contribution in [0.4, 0.5) is 5.00 Å². The lowest BCUT2D eigenvalue weighted by Crippen LogP contribution is -2.15. The second-order valence-corrected chi connectivity index (χ2v) is 6.54. The van der Waals surface area contributed by atoms with E-state index < -0.39 is 11.9 Å². The first-order chi connectivity index (χ1) is 12.5. The van der Waals surface area contributed by atoms with Crippen molar-refractivity contribution in [1.29, 1.82) is 5.26 Å². The number of carbonyl (C=O) groups excluding carboxylic acids is 2. The van der Waals surface area contributed by atoms with Gasteiger partial charge in [0.05, 0.1) is 17.9 Å². The van der Waals surface area contributed by atoms with Crippen LogP contribution in [0.1, 0.15) is 43.9 Å². The topological polar surface area (TPSA) is 96.5 Å². The minimum atomic E-state index is -0.502. The number of hydrogen-bond donors (Lipinski definition) is 1. The number of nitriles is 1. The van der Waals surface area contributed by atoms with Gasteiger partial charge in [-0.15, -0.1) is 11.3 Å². The van der Waals surface area contributed by atoms with Gasteiger partial charge in [-0.1, -0.05) is 6.07 Å². The summed E-state index contributed by atoms with van der Waals surface area (Å²) in [6, 6.07) is 7.50. The average Bonchev–Trinajstić information content (AvgIpc) is 3.10. The number of nitrogens with zero attached hydrogens (tertiary/aromatic N) is 3. The zero-order valence-corrected chi connectivity index (χ0v) is 15.3. The van der Waals surface area contributed by atoms with Gasteiger partial charge in [0.1, 0.15) is 27.3 Å². The zero-order valence-electron chi connectivity index (χ0n) is 14.5. The highest BCUT2D eigenvalue weighted by Crippen LogP contribution is 2.33. The molecule has 26 heavy (non-hydrogen) atoms. The highest BCUT2D eigenvalue weighted by Gasteiger charge is 2.24. The first-order valence-corrected chi connectivity index (χ1v) is 8.75. The van der Waals surface area contributed by atoms with E-state index >= 15 is 0 Å². The Kier molecular flexibility index (Phi) is 4.73. The quantitative estimate of drug-likeness (QED) is 0.713. The van der Waals surface area contributed by atoms with E-state index in [0.717, 1.165) is 11.3 Å². The second kappa shape index (κ2) is 6.98. The molecule has 0 aromatic carbocycles. The number of amides is 1. The Labute approximate surface area is 153 Å². The van der Waals surface area contributed by atoms with Crippen molar-refractivity contribution in [3.8, 4) is 6.07 Å². The molecule has 8 heteroatoms. The summed E-state index contributed by atoms with van der Waals surface area (Å²) in [5.41, 5.74) is 2.38. The van der Waals surface area contributed by atoms with Crippen molar-refractivity contribution in [1.82, 2.24) is 9.38 Å². The molecule has 0 unspecified atom stereocenters. The number of rotatable bonds is 4. The van der Waals surface area contributed by atoms with E-state index in [9.17, 15) is 14.9 Å². The maximum absolute atomic E-state index is 12.8. The summed E-state index contributed by atoms with van der Waals surface area (Å²) in [7, 11) is 0. The van der Waals surface area contributed by atoms with Crippen LogP contribution in [0.3, 0.4) is 0 Å². The summed E-state index contributed by atoms with van der Waals surface area (Å²) in [5.74, 6) is -0.896. The lowest BCUT2D eigenvalue weighted by atomic mass is 10.1. The SMILES string of the molecule is CCOC(=O)c1sc(NC(=O)c2c(C)nc3ccccn23)c(C#N)c1C. The van der Waals surface area contributed by atoms with Crippen LogP contribution in [0.5, 0.6) is 0 Å². The van der Waals surface area contributed by atoms with Crippen molar-refractivity contribution in [2.45, 2.75) is 20.8 Å². The molecule has 3 aromatic heterocycles. The van der Waals surface area contributed by atoms with E-state index in [4.69, 9.17) is 4.74 Å². The molecule has 0 saturated carbocycles. The van der Waals surface area contributed by atoms with E-state index in [1.165, 1.54) is 0 Å². The van der Waals surface area contributed by atoms with Crippen LogP contribution in [0.2, 0.25) is 0 Å². The number of nitrogens with one attached hydrogen (secondary N) is 1. The van der Waals surface area contributed by atoms with Gasteiger partial charge < -0.3 is 10.1 Å². The van der Waals surface area contributed by atoms with E-state index in [2.05, 4.69) is 10.3 Å². The summed E-state index contributed by atoms with van der Waals surface area (Å²) in [6.07, 6.45) is 1.75. The molecule has 1 amide bonds. The predicted molar refractivity (Wildman–Crippen MR) is 97.6 cm³/mol. The Morgan fingerprint density at radius 2 is 2.15 bits per heavy atom. The maximum Gasteiger partial charge on any atom is 0.348 e. The van der Waals surface area contributed by atoms with Gasteiger partial charge in [-0.2, -0.15) is 5.26 Å². The average molecular weight is 368 g/mol. The van der Waals surface area contributed by atoms with Crippen LogP contribution >= 0.6 is 11.3 Å². The molecular formula is C18H16N4O3S. The third-order valence-corrected chi connectivity index (χ3v) is 5.05. The largest absolute Gasteiger partial charge is 0.462 e. The molecule has 0 aliphatic rings. The van der Waals surface area contributed by atoms with Crippen LogP contribution < -0.4 is 5.32 Å². The van der Waals surface area contributed by atoms with Crippen LogP contribution in [0, 0.1) is 25.2 Å². The molecule has 0 spiro atoms. The van der Waals surface area contributed by atoms with E-state index in [0.29, 0.717) is 32.5 Å². The number of thiophene rings is 1. The van der Waals surface area contributed by atoms with Gasteiger partial charge in [0.2, 0.25) is 0 Å². The van der Waals surface area contributed by atoms with Gasteiger partial charge in [0.15, 0.2) is 0 Å². The molecule has 1 N–H and O–H groups in total. The van der Waals surface area contributed by atoms with Crippen molar-refractivity contribution in [3.63, 3.8) is 0 Å². The number of aryl methyl sites for hydroxylation is 1. The summed E-state index contributed by atoms with van der Waals surface area (Å²) in [5, 5.41) is 12.5. The van der Waals surface area contributed by atoms with Crippen LogP contribution in [-0.4, -0.2) is 27.9 Å². The number of imidazole rings is 1. The number of aromatic nitrogens is 2. The third-order valence-electron chi connectivity index (χ3n) is 3.87. The number of fused-ring (bicyclic) bond motifs is 1. The van der Waals surface area contributed by atoms with Crippen molar-refractivity contribution in [2.24, 2.45) is 0 Å². The van der Waals surface area contributed by atoms with Crippen LogP contribution in [0.15, 0.2) is 24.4 Å². The molecule has 3 aromatic rings. The molecule has 0 saturated heterocycles. The number of hydrogen-bond acceptors (Lipinski definition) is 6. The summed E-state index contributed by atoms with van der Waals surface area (Å²) in [4.78, 5) is 29.5. The molecule has 0 radical (unpaired) electrons. The van der Waals surface area contributed by atoms with Gasteiger partial charge in [-0.05, 0) is 38.5 Å². The third kappa shape index (κ3) is 2.93. The Hall–Kier alpha value is -3.18. The molecule has 0 atom stereocenters. The Morgan fingerprint density at radius 3 is 2.85 bits per heavy atom. The van der Waals surface area contributed by atoms with Gasteiger partial charge in [-0.3, -0.25) is 9.20 Å². The van der Waals surface area contributed by atoms with Gasteiger partial charge in [-0.25, -0.2) is 9.78 Å². The number of pyridine rings is 1. The fourth-order valence-electron chi connectivity index (χ4n) is 2.68. The summed E-state index contributed by atoms with van der Waals surface area (Å²) < 4.78 is 6.69. The number of anilines is 1. The summed E-state index contributed by atoms with van der Waals surface area (Å²) in [6.45, 7) is 5.36. The Bertz CT molecular complexity index is 1060. The Balaban J connectivity index is 1.99. The van der Waals surface area contributed by atoms with Gasteiger partial charge in [0, 0.05) is 6.20 Å². The van der Waals surface area contributed by atoms with Crippen molar-refractivity contribution < 1.29 is 14.3 Å². The molecule has 132 valence electrons. The van der Waals surface area contributed by atoms with E-state index in [-0.39, 0.29) is 12.2 Å². The van der Waals surface area contributed by atoms with Crippen LogP contribution in [0.25, 0.3) is 5.65 Å². The normalized spacial score (nSPS) is 10.5. The highest BCUT2D eigenvalue weighted by atomic mass is 32.1. The summed E-state index contributed by atoms with van der Waals surface area (Å²) >= 11 is 1.04. The van der Waals surface area contributed by atoms with Crippen molar-refractivity contribution in [3.05, 3.63) is 51.8 Å². The number of esters is 1. The fraction of sp³-hybridized carbons (Fsp3) is 0.222. The standard InChI is InChI=1S/C18H16N4O3S/c1-4-25-18(24)15-10(2)12(9-19)17(26-15)21-16(23)14-11(3)20-13-7-5-6-8-22(13)14/h5-8H,4H2,1-3H3,(H,21,23). The van der Waals surface area contributed by atoms with Crippen molar-refractivity contribution in [2.75, 3.05) is 11.9 Å². The minimum absolute atomic E-state index is 0.237. The zero-order chi connectivity index (χ0) is 18.8. The maximum atomic E-state index is 12.8. The monoisotopic (exact) mass is 368 g/mol. The number of carbonyl (C=O) groups is 2. The fourth-order valence-corrected chi connectivity index (χ4v) is 3.72. The van der Waals surface area contributed by atoms with Gasteiger partial charge in [0.25, 0.3) is 5.91 Å². The first kappa shape index (κ1) is 17.6. The van der Waals surface area contributed by atoms with E-state index in [1.807, 2.05) is 12.1 Å². The highest BCUT2D eigenvalue weighted by molar-refractivity contribution is 7.18. The van der Waals surface area contributed by atoms with Crippen molar-refractivity contribution >= 4 is 33.9 Å². The molecule has 0 aliphatic carbocycles. The second-order valence-electron chi connectivity index (χ2n) is 5.52. The van der Waals surface area contributed by atoms with E-state index in [1.54, 1.807) is 43.5 Å². The Morgan fingerprint density at radius 1 is 1.38 bits per heavy atom. The minimum Gasteiger partial charge on any atom is -0.462 e. The lowest BCUT2D eigenvalue weighted by Gasteiger charge is -2.04. The molecule has 3 rings (SSSR count). The van der Waals surface area contributed by atoms with Gasteiger partial charge >= 0.3 is 5.97 Å². The van der Waals surface area contributed by atoms with Crippen LogP contribution in [-0.2, 0) is 4.74 Å². The molecule has 0 bridgehead atoms. The smallest absolute Gasteiger partial charge is 0.348 e. The predicted octanol–water partition coefficient (Wildman–Crippen LogP) is 3.31. The number of ether oxygens (including phenoxy) is 1. The first-order valence-electron chi connectivity index (χ1n) is 7.93. The molecular weight excluding hydrogens is 352 g/mol. The molecule has 0 fully saturated rings.